The van der Waals surface area contributed by atoms with E-state index in [2.05, 4.69) is 83.4 Å². The number of aromatic amines is 1. The Labute approximate surface area is 472 Å². The molecular weight excluding hydrogens is 1080 g/mol. The van der Waals surface area contributed by atoms with Crippen molar-refractivity contribution >= 4 is 101 Å². The third-order valence-electron chi connectivity index (χ3n) is 12.3. The lowest BCUT2D eigenvalue weighted by atomic mass is 10.00. The first-order valence-electron chi connectivity index (χ1n) is 25.2. The Balaban J connectivity index is 2.01. The second kappa shape index (κ2) is 32.8. The summed E-state index contributed by atoms with van der Waals surface area (Å²) in [4.78, 5) is 114. The van der Waals surface area contributed by atoms with E-state index in [1.54, 1.807) is 30.5 Å². The fourth-order valence-corrected chi connectivity index (χ4v) is 8.30. The molecule has 0 bridgehead atoms. The number of amides is 7. The largest absolute Gasteiger partial charge is 0.508 e. The maximum atomic E-state index is 14.8. The number of hydrogen-bond donors (Lipinski definition) is 22. The highest BCUT2D eigenvalue weighted by Gasteiger charge is 2.38. The van der Waals surface area contributed by atoms with E-state index in [9.17, 15) is 48.6 Å². The van der Waals surface area contributed by atoms with Crippen molar-refractivity contribution in [3.63, 3.8) is 0 Å². The molecule has 0 aliphatic heterocycles. The summed E-state index contributed by atoms with van der Waals surface area (Å²) in [6.45, 7) is 2.87. The van der Waals surface area contributed by atoms with Gasteiger partial charge in [-0.1, -0.05) is 30.3 Å². The number of thiol groups is 2. The summed E-state index contributed by atoms with van der Waals surface area (Å²) in [5.74, 6) is -9.23. The van der Waals surface area contributed by atoms with Crippen LogP contribution in [-0.4, -0.2) is 173 Å². The molecule has 0 aliphatic carbocycles. The van der Waals surface area contributed by atoms with Gasteiger partial charge < -0.3 is 96.0 Å². The zero-order valence-corrected chi connectivity index (χ0v) is 46.4. The Morgan fingerprint density at radius 1 is 0.650 bits per heavy atom. The molecule has 3 aromatic rings. The topological polar surface area (TPSA) is 498 Å². The van der Waals surface area contributed by atoms with Crippen molar-refractivity contribution in [3.8, 4) is 5.75 Å². The molecular formula is C49H76N18O11S2. The molecule has 7 amide bonds. The van der Waals surface area contributed by atoms with Gasteiger partial charge in [-0.15, -0.1) is 0 Å². The minimum atomic E-state index is -1.78. The second-order valence-electron chi connectivity index (χ2n) is 19.0. The van der Waals surface area contributed by atoms with Crippen LogP contribution < -0.4 is 76.1 Å². The number of aliphatic carboxylic acids is 1. The van der Waals surface area contributed by atoms with Crippen molar-refractivity contribution in [1.29, 1.82) is 16.2 Å². The van der Waals surface area contributed by atoms with E-state index in [0.29, 0.717) is 28.5 Å². The minimum Gasteiger partial charge on any atom is -0.508 e. The second-order valence-corrected chi connectivity index (χ2v) is 19.8. The number of rotatable bonds is 34. The Morgan fingerprint density at radius 3 is 1.73 bits per heavy atom. The predicted molar refractivity (Wildman–Crippen MR) is 305 cm³/mol. The van der Waals surface area contributed by atoms with Crippen molar-refractivity contribution in [1.82, 2.24) is 58.2 Å². The summed E-state index contributed by atoms with van der Waals surface area (Å²) >= 11 is 8.27. The number of benzene rings is 2. The van der Waals surface area contributed by atoms with Gasteiger partial charge in [-0.05, 0) is 68.9 Å². The van der Waals surface area contributed by atoms with Gasteiger partial charge in [0.2, 0.25) is 41.4 Å². The minimum absolute atomic E-state index is 0.0616. The normalized spacial score (nSPS) is 14.2. The maximum Gasteiger partial charge on any atom is 0.327 e. The Morgan fingerprint density at radius 2 is 1.16 bits per heavy atom. The number of carboxylic acids is 1. The number of phenols is 1. The summed E-state index contributed by atoms with van der Waals surface area (Å²) in [6.07, 6.45) is 0.432. The Bertz CT molecular complexity index is 2640. The molecule has 29 nitrogen and oxygen atoms in total. The van der Waals surface area contributed by atoms with Crippen LogP contribution in [0.1, 0.15) is 57.1 Å². The van der Waals surface area contributed by atoms with Crippen molar-refractivity contribution in [3.05, 3.63) is 65.9 Å². The number of hydrogen-bond acceptors (Lipinski definition) is 16. The number of methoxy groups -OCH3 is 1. The number of guanidine groups is 3. The van der Waals surface area contributed by atoms with Crippen LogP contribution in [0.25, 0.3) is 10.9 Å². The zero-order valence-electron chi connectivity index (χ0n) is 44.6. The molecule has 24 N–H and O–H groups in total. The Hall–Kier alpha value is -8.03. The van der Waals surface area contributed by atoms with E-state index in [1.165, 1.54) is 45.2 Å². The fraction of sp³-hybridized carbons (Fsp3) is 0.490. The van der Waals surface area contributed by atoms with E-state index in [-0.39, 0.29) is 87.3 Å². The van der Waals surface area contributed by atoms with Gasteiger partial charge >= 0.3 is 5.97 Å². The van der Waals surface area contributed by atoms with E-state index in [1.807, 2.05) is 0 Å². The van der Waals surface area contributed by atoms with Crippen LogP contribution in [-0.2, 0) is 55.9 Å². The first-order valence-corrected chi connectivity index (χ1v) is 26.5. The van der Waals surface area contributed by atoms with E-state index in [0.717, 1.165) is 0 Å². The lowest BCUT2D eigenvalue weighted by molar-refractivity contribution is -0.141. The molecule has 0 aliphatic rings. The van der Waals surface area contributed by atoms with Crippen molar-refractivity contribution < 1.29 is 53.3 Å². The number of nitrogens with one attached hydrogen (secondary N) is 14. The number of carbonyl (C=O) groups excluding carboxylic acids is 7. The maximum absolute atomic E-state index is 14.8. The molecule has 0 spiro atoms. The summed E-state index contributed by atoms with van der Waals surface area (Å²) in [5.41, 5.74) is 22.3. The molecule has 2 aromatic carbocycles. The van der Waals surface area contributed by atoms with Gasteiger partial charge in [-0.2, -0.15) is 25.3 Å². The lowest BCUT2D eigenvalue weighted by Gasteiger charge is -2.31. The number of H-pyrrole nitrogens is 1. The van der Waals surface area contributed by atoms with Crippen molar-refractivity contribution in [2.24, 2.45) is 22.9 Å². The highest BCUT2D eigenvalue weighted by atomic mass is 32.1. The van der Waals surface area contributed by atoms with Crippen LogP contribution in [0.5, 0.6) is 5.75 Å². The van der Waals surface area contributed by atoms with Crippen molar-refractivity contribution in [2.45, 2.75) is 113 Å². The third-order valence-corrected chi connectivity index (χ3v) is 13.0. The number of aromatic hydroxyl groups is 1. The fourth-order valence-electron chi connectivity index (χ4n) is 7.80. The molecule has 1 heterocycles. The van der Waals surface area contributed by atoms with Crippen LogP contribution in [0.3, 0.4) is 0 Å². The van der Waals surface area contributed by atoms with Crippen molar-refractivity contribution in [2.75, 3.05) is 38.2 Å². The third kappa shape index (κ3) is 22.4. The molecule has 3 rings (SSSR count). The molecule has 31 heteroatoms. The van der Waals surface area contributed by atoms with Crippen LogP contribution >= 0.6 is 25.3 Å². The molecule has 1 aromatic heterocycles. The van der Waals surface area contributed by atoms with Crippen LogP contribution in [0.15, 0.2) is 54.7 Å². The quantitative estimate of drug-likeness (QED) is 0.0118. The highest BCUT2D eigenvalue weighted by Crippen LogP contribution is 2.20. The van der Waals surface area contributed by atoms with Gasteiger partial charge in [-0.25, -0.2) is 4.79 Å². The molecule has 1 unspecified atom stereocenters. The number of carboxylic acid groups (broad SMARTS) is 1. The SMILES string of the molecule is COC(CNC(=N)N)C[C@H](NC(=O)[C@@H](Cc1ccc(O)cc1)NC(=O)[C@H](CCCNC(=N)N)NC(=O)C(C)(C)NC(=O)[C@H](CS)NC(=O)[C@@H](N)CCCNC(=N)N)C(=O)N[C@H](Cc1c[nH]c2ccccc12)C(=O)N[C@@H](CS)C(=O)O. The van der Waals surface area contributed by atoms with E-state index in [4.69, 9.17) is 43.9 Å². The highest BCUT2D eigenvalue weighted by molar-refractivity contribution is 7.80. The van der Waals surface area contributed by atoms with Crippen LogP contribution in [0, 0.1) is 16.2 Å². The van der Waals surface area contributed by atoms with Crippen LogP contribution in [0.2, 0.25) is 0 Å². The Kier molecular flexibility index (Phi) is 27.1. The molecule has 0 fully saturated rings. The first-order chi connectivity index (χ1) is 37.8. The number of phenolic OH excluding ortho intramolecular Hbond substituents is 1. The standard InChI is InChI=1S/C49H76N18O11S2/c1-49(2,67-43(74)36(23-79)64-38(69)30(50)9-6-16-57-46(51)52)45(77)66-32(11-7-17-58-47(53)54)39(70)61-33(18-25-12-14-27(68)15-13-25)40(71)63-35(20-28(78-3)22-60-48(55)56)42(73)62-34(41(72)65-37(24-80)44(75)76)19-26-21-59-31-10-5-4-8-29(26)31/h4-5,8,10,12-15,21,28,30,32-37,59,68,79-80H,6-7,9,11,16-20,22-24,50H2,1-3H3,(H,61,70)(H,62,73)(H,63,71)(H,64,69)(H,65,72)(H,66,77)(H,67,74)(H,75,76)(H4,51,52,57)(H4,53,54,58)(H4,55,56,60)/t28?,30-,32-,33+,34+,35-,36-,37-/m0/s1. The van der Waals surface area contributed by atoms with E-state index < -0.39 is 107 Å². The summed E-state index contributed by atoms with van der Waals surface area (Å²) in [7, 11) is 1.30. The van der Waals surface area contributed by atoms with Gasteiger partial charge in [-0.3, -0.25) is 49.8 Å². The molecule has 0 saturated carbocycles. The van der Waals surface area contributed by atoms with Gasteiger partial charge in [0, 0.05) is 74.6 Å². The average Bonchev–Trinajstić information content (AvgIpc) is 3.81. The summed E-state index contributed by atoms with van der Waals surface area (Å²) in [5, 5.41) is 69.0. The number of ether oxygens (including phenoxy) is 1. The number of para-hydroxylation sites is 1. The smallest absolute Gasteiger partial charge is 0.327 e. The lowest BCUT2D eigenvalue weighted by Crippen LogP contribution is -2.63. The summed E-state index contributed by atoms with van der Waals surface area (Å²) in [6, 6.07) is 2.93. The zero-order chi connectivity index (χ0) is 59.7. The van der Waals surface area contributed by atoms with Gasteiger partial charge in [0.1, 0.15) is 47.5 Å². The van der Waals surface area contributed by atoms with E-state index >= 15 is 0 Å². The number of nitrogens with two attached hydrogens (primary N) is 4. The molecule has 440 valence electrons. The molecule has 0 radical (unpaired) electrons. The monoisotopic (exact) mass is 1160 g/mol. The molecule has 8 atom stereocenters. The number of fused-ring (bicyclic) bond motifs is 1. The summed E-state index contributed by atoms with van der Waals surface area (Å²) < 4.78 is 5.60. The predicted octanol–water partition coefficient (Wildman–Crippen LogP) is -3.85. The van der Waals surface area contributed by atoms with Gasteiger partial charge in [0.15, 0.2) is 17.9 Å². The molecule has 80 heavy (non-hydrogen) atoms. The van der Waals surface area contributed by atoms with Gasteiger partial charge in [0.05, 0.1) is 12.1 Å². The first kappa shape index (κ1) is 66.3. The number of carbonyl (C=O) groups is 8. The number of aromatic nitrogens is 1. The average molecular weight is 1160 g/mol. The van der Waals surface area contributed by atoms with Crippen LogP contribution in [0.4, 0.5) is 0 Å². The molecule has 0 saturated heterocycles. The van der Waals surface area contributed by atoms with Gasteiger partial charge in [0.25, 0.3) is 0 Å².